The Hall–Kier alpha value is 0.0400. The molecule has 0 aromatic heterocycles. The Morgan fingerprint density at radius 1 is 0.537 bits per heavy atom. The van der Waals surface area contributed by atoms with Crippen LogP contribution in [-0.4, -0.2) is 34.5 Å². The molecular weight excluding hydrogens is 799 g/mol. The first-order valence-corrected chi connectivity index (χ1v) is 30.0. The van der Waals surface area contributed by atoms with Crippen molar-refractivity contribution >= 4 is 25.1 Å². The van der Waals surface area contributed by atoms with Gasteiger partial charge in [0.05, 0.1) is 20.3 Å². The molecule has 0 N–H and O–H groups in total. The first kappa shape index (κ1) is 48.4. The Balaban J connectivity index is 0.00000152. The van der Waals surface area contributed by atoms with Crippen molar-refractivity contribution in [3.63, 3.8) is 0 Å². The first-order chi connectivity index (χ1) is 24.3. The molecular formula is C48H78Cl2O2SiZr. The molecule has 0 aliphatic heterocycles. The van der Waals surface area contributed by atoms with Gasteiger partial charge in [0.25, 0.3) is 0 Å². The molecule has 6 heteroatoms. The van der Waals surface area contributed by atoms with Crippen molar-refractivity contribution in [1.29, 1.82) is 0 Å². The van der Waals surface area contributed by atoms with Crippen LogP contribution < -0.4 is 0 Å². The normalized spacial score (nSPS) is 36.4. The predicted octanol–water partition coefficient (Wildman–Crippen LogP) is 14.5. The minimum atomic E-state index is -1.71. The van der Waals surface area contributed by atoms with Crippen molar-refractivity contribution in [2.75, 3.05) is 14.2 Å². The van der Waals surface area contributed by atoms with Crippen LogP contribution in [0.5, 0.6) is 0 Å². The van der Waals surface area contributed by atoms with E-state index in [-0.39, 0.29) is 25.7 Å². The van der Waals surface area contributed by atoms with Crippen LogP contribution in [0, 0.1) is 62.2 Å². The Morgan fingerprint density at radius 2 is 0.815 bits per heavy atom. The summed E-state index contributed by atoms with van der Waals surface area (Å²) in [5, 5.41) is 0. The van der Waals surface area contributed by atoms with Gasteiger partial charge in [0.15, 0.2) is 0 Å². The molecule has 0 amide bonds. The van der Waals surface area contributed by atoms with Gasteiger partial charge < -0.3 is 24.3 Å². The molecule has 4 saturated carbocycles. The van der Waals surface area contributed by atoms with Crippen molar-refractivity contribution < 1.29 is 30.3 Å². The molecule has 14 unspecified atom stereocenters. The van der Waals surface area contributed by atoms with Gasteiger partial charge in [-0.1, -0.05) is 131 Å². The molecule has 6 rings (SSSR count). The molecule has 54 heavy (non-hydrogen) atoms. The number of hydrogen-bond donors (Lipinski definition) is 0. The number of halogens is 2. The van der Waals surface area contributed by atoms with Crippen molar-refractivity contribution in [2.45, 2.75) is 154 Å². The van der Waals surface area contributed by atoms with Gasteiger partial charge in [0, 0.05) is 26.1 Å². The van der Waals surface area contributed by atoms with Gasteiger partial charge in [-0.2, -0.15) is 0 Å². The number of benzene rings is 2. The zero-order valence-corrected chi connectivity index (χ0v) is 42.1. The van der Waals surface area contributed by atoms with E-state index in [2.05, 4.69) is 131 Å². The van der Waals surface area contributed by atoms with Gasteiger partial charge in [-0.25, -0.2) is 0 Å². The molecule has 0 spiro atoms. The summed E-state index contributed by atoms with van der Waals surface area (Å²) in [7, 11) is 12.1. The summed E-state index contributed by atoms with van der Waals surface area (Å²) in [6, 6.07) is 19.5. The second kappa shape index (κ2) is 19.0. The summed E-state index contributed by atoms with van der Waals surface area (Å²) in [6.45, 7) is 30.0. The molecule has 0 saturated heterocycles. The van der Waals surface area contributed by atoms with E-state index in [0.29, 0.717) is 35.9 Å². The average Bonchev–Trinajstić information content (AvgIpc) is 3.58. The second-order valence-electron chi connectivity index (χ2n) is 20.6. The van der Waals surface area contributed by atoms with E-state index in [9.17, 15) is 0 Å². The molecule has 2 nitrogen and oxygen atoms in total. The molecule has 4 aliphatic carbocycles. The van der Waals surface area contributed by atoms with Crippen LogP contribution in [-0.2, 0) is 41.2 Å². The number of fused-ring (bicyclic) bond motifs is 2. The second-order valence-corrected chi connectivity index (χ2v) is 29.4. The number of rotatable bonds is 6. The third-order valence-corrected chi connectivity index (χ3v) is 20.6. The van der Waals surface area contributed by atoms with Crippen LogP contribution in [0.15, 0.2) is 48.5 Å². The van der Waals surface area contributed by atoms with E-state index in [1.54, 1.807) is 0 Å². The molecule has 0 radical (unpaired) electrons. The summed E-state index contributed by atoms with van der Waals surface area (Å²) in [5.74, 6) is 6.80. The first-order valence-electron chi connectivity index (χ1n) is 20.5. The molecule has 304 valence electrons. The Labute approximate surface area is 354 Å². The van der Waals surface area contributed by atoms with Gasteiger partial charge in [0.1, 0.15) is 0 Å². The third-order valence-electron chi connectivity index (χ3n) is 15.2. The van der Waals surface area contributed by atoms with Crippen LogP contribution in [0.25, 0.3) is 0 Å². The van der Waals surface area contributed by atoms with Crippen molar-refractivity contribution in [3.05, 3.63) is 85.6 Å². The van der Waals surface area contributed by atoms with Crippen molar-refractivity contribution in [3.8, 4) is 0 Å². The number of ether oxygens (including phenoxy) is 2. The Kier molecular flexibility index (Phi) is 17.0. The molecule has 0 bridgehead atoms. The monoisotopic (exact) mass is 874 g/mol. The molecule has 2 aromatic rings. The van der Waals surface area contributed by atoms with Crippen LogP contribution in [0.3, 0.4) is 0 Å². The van der Waals surface area contributed by atoms with Gasteiger partial charge in [0.2, 0.25) is 0 Å². The predicted molar refractivity (Wildman–Crippen MR) is 236 cm³/mol. The van der Waals surface area contributed by atoms with Crippen LogP contribution >= 0.6 is 17.0 Å². The zero-order valence-electron chi connectivity index (χ0n) is 37.1. The fourth-order valence-corrected chi connectivity index (χ4v) is 20.1. The molecule has 2 aromatic carbocycles. The maximum atomic E-state index is 6.43. The third kappa shape index (κ3) is 9.41. The summed E-state index contributed by atoms with van der Waals surface area (Å²) in [4.78, 5) is 0. The van der Waals surface area contributed by atoms with Crippen LogP contribution in [0.1, 0.15) is 129 Å². The summed E-state index contributed by atoms with van der Waals surface area (Å²) in [6.07, 6.45) is 6.02. The van der Waals surface area contributed by atoms with Crippen LogP contribution in [0.2, 0.25) is 24.2 Å². The van der Waals surface area contributed by atoms with Crippen molar-refractivity contribution in [2.24, 2.45) is 47.3 Å². The fourth-order valence-electron chi connectivity index (χ4n) is 13.5. The fraction of sp³-hybridized carbons (Fsp3) is 0.708. The topological polar surface area (TPSA) is 18.5 Å². The van der Waals surface area contributed by atoms with Gasteiger partial charge >= 0.3 is 37.9 Å². The van der Waals surface area contributed by atoms with E-state index in [1.165, 1.54) is 47.9 Å². The summed E-state index contributed by atoms with van der Waals surface area (Å²) in [5.41, 5.74) is 8.01. The zero-order chi connectivity index (χ0) is 38.5. The Bertz CT molecular complexity index is 1340. The quantitative estimate of drug-likeness (QED) is 0.213. The molecule has 4 fully saturated rings. The van der Waals surface area contributed by atoms with Gasteiger partial charge in [-0.05, 0) is 117 Å². The summed E-state index contributed by atoms with van der Waals surface area (Å²) >= 11 is -0.826. The average molecular weight is 877 g/mol. The van der Waals surface area contributed by atoms with E-state index >= 15 is 0 Å². The summed E-state index contributed by atoms with van der Waals surface area (Å²) < 4.78 is 12.9. The van der Waals surface area contributed by atoms with Gasteiger partial charge in [-0.15, -0.1) is 0 Å². The Morgan fingerprint density at radius 3 is 1.07 bits per heavy atom. The van der Waals surface area contributed by atoms with E-state index in [0.717, 1.165) is 46.6 Å². The molecule has 14 atom stereocenters. The van der Waals surface area contributed by atoms with E-state index < -0.39 is 28.9 Å². The molecule has 4 aliphatic rings. The minimum absolute atomic E-state index is 0. The van der Waals surface area contributed by atoms with E-state index in [1.807, 2.05) is 14.2 Å². The standard InChI is InChI=1S/C46H72O2Si.2CH3.2ClH.Zr/c1-27-23-37-35(39(41(27)47-11)31-15-19-33(20-16-31)45(5,6)7)25-29(3)43(37)49(13,14)44-30(4)26-36-38(44)24-28(2)42(48-12)40(36)32-17-21-34(22-18-32)46(8,9)10;;;;;/h15-22,27-30,35-44H,23-26H2,1-14H3;2*1H3;2*1H;/q;2*-1;;;+4/p-2. The van der Waals surface area contributed by atoms with Crippen molar-refractivity contribution in [1.82, 2.24) is 0 Å². The number of methoxy groups -OCH3 is 2. The van der Waals surface area contributed by atoms with Gasteiger partial charge in [-0.3, -0.25) is 0 Å². The molecule has 0 heterocycles. The number of hydrogen-bond acceptors (Lipinski definition) is 2. The maximum absolute atomic E-state index is 6.43. The SMILES string of the molecule is COC1C(C)CC2C(CC(C)C2[Si](C)(C)C2C(C)CC3C2CC(C)C(OC)C3c2ccc(C(C)(C)C)cc2)C1c1ccc(C(C)(C)C)cc1.[CH3-].[CH3-].[Cl][Zr+2][Cl]. The van der Waals surface area contributed by atoms with E-state index in [4.69, 9.17) is 26.5 Å². The van der Waals surface area contributed by atoms with Crippen LogP contribution in [0.4, 0.5) is 0 Å².